The standard InChI is InChI=1S/C34H20N7O2.Pt/c42-33-38(24-11-3-1-4-12-24)27-21-29-30(22-28(27)40(33)26-15-9-10-23(20-26)32-36-18-19-37-32)41(31-16-7-8-17-35-31)34(43)39(29)25-13-5-2-6-14-25;/h1-19,21H;/q-3;. The van der Waals surface area contributed by atoms with E-state index in [9.17, 15) is 9.59 Å². The zero-order valence-corrected chi connectivity index (χ0v) is 25.1. The molecule has 0 unspecified atom stereocenters. The van der Waals surface area contributed by atoms with E-state index in [-0.39, 0.29) is 32.4 Å². The third-order valence-electron chi connectivity index (χ3n) is 7.32. The first-order valence-electron chi connectivity index (χ1n) is 13.6. The number of pyridine rings is 1. The summed E-state index contributed by atoms with van der Waals surface area (Å²) in [6.07, 6.45) is 4.87. The van der Waals surface area contributed by atoms with Gasteiger partial charge in [-0.25, -0.2) is 14.6 Å². The molecule has 0 atom stereocenters. The maximum atomic E-state index is 14.3. The minimum absolute atomic E-state index is 0. The van der Waals surface area contributed by atoms with E-state index in [0.29, 0.717) is 56.3 Å². The van der Waals surface area contributed by atoms with Gasteiger partial charge in [-0.2, -0.15) is 5.56 Å². The number of benzene rings is 4. The van der Waals surface area contributed by atoms with E-state index in [1.807, 2.05) is 91.0 Å². The van der Waals surface area contributed by atoms with Crippen LogP contribution in [-0.2, 0) is 21.1 Å². The van der Waals surface area contributed by atoms with Crippen molar-refractivity contribution in [1.82, 2.24) is 33.2 Å². The molecule has 4 aromatic heterocycles. The van der Waals surface area contributed by atoms with Crippen molar-refractivity contribution in [2.45, 2.75) is 0 Å². The largest absolute Gasteiger partial charge is 0.490 e. The van der Waals surface area contributed by atoms with Crippen molar-refractivity contribution in [3.63, 3.8) is 0 Å². The number of rotatable bonds is 5. The molecule has 216 valence electrons. The number of hydrogen-bond acceptors (Lipinski definition) is 4. The average Bonchev–Trinajstić information content (AvgIpc) is 3.76. The molecule has 0 spiro atoms. The maximum absolute atomic E-state index is 14.3. The van der Waals surface area contributed by atoms with Gasteiger partial charge in [-0.05, 0) is 64.2 Å². The molecule has 0 aliphatic heterocycles. The minimum atomic E-state index is -0.306. The second-order valence-corrected chi connectivity index (χ2v) is 9.83. The topological polar surface area (TPSA) is 93.7 Å². The molecule has 9 nitrogen and oxygen atoms in total. The molecule has 4 heterocycles. The van der Waals surface area contributed by atoms with Gasteiger partial charge in [0.05, 0.1) is 0 Å². The zero-order valence-electron chi connectivity index (χ0n) is 22.8. The van der Waals surface area contributed by atoms with Crippen molar-refractivity contribution in [1.29, 1.82) is 0 Å². The Bertz CT molecular complexity index is 2370. The first-order chi connectivity index (χ1) is 21.2. The summed E-state index contributed by atoms with van der Waals surface area (Å²) >= 11 is 0. The Morgan fingerprint density at radius 3 is 1.84 bits per heavy atom. The summed E-state index contributed by atoms with van der Waals surface area (Å²) in [6.45, 7) is 0. The van der Waals surface area contributed by atoms with Crippen molar-refractivity contribution in [3.05, 3.63) is 155 Å². The van der Waals surface area contributed by atoms with Crippen LogP contribution in [0.1, 0.15) is 0 Å². The molecule has 0 aliphatic carbocycles. The Hall–Kier alpha value is -5.53. The van der Waals surface area contributed by atoms with Gasteiger partial charge in [0.25, 0.3) is 0 Å². The Morgan fingerprint density at radius 1 is 0.591 bits per heavy atom. The zero-order chi connectivity index (χ0) is 28.9. The first kappa shape index (κ1) is 27.3. The monoisotopic (exact) mass is 753 g/mol. The van der Waals surface area contributed by atoms with E-state index in [1.165, 1.54) is 4.57 Å². The number of imidazole rings is 3. The molecule has 8 rings (SSSR count). The van der Waals surface area contributed by atoms with E-state index in [2.05, 4.69) is 27.1 Å². The molecule has 0 radical (unpaired) electrons. The van der Waals surface area contributed by atoms with E-state index < -0.39 is 0 Å². The smallest absolute Gasteiger partial charge is 0.326 e. The summed E-state index contributed by atoms with van der Waals surface area (Å²) < 4.78 is 6.33. The van der Waals surface area contributed by atoms with Crippen LogP contribution in [0.3, 0.4) is 0 Å². The van der Waals surface area contributed by atoms with Gasteiger partial charge < -0.3 is 23.7 Å². The van der Waals surface area contributed by atoms with Crippen molar-refractivity contribution < 1.29 is 21.1 Å². The summed E-state index contributed by atoms with van der Waals surface area (Å²) in [6, 6.07) is 38.3. The number of fused-ring (bicyclic) bond motifs is 2. The van der Waals surface area contributed by atoms with Gasteiger partial charge in [-0.1, -0.05) is 54.9 Å². The van der Waals surface area contributed by atoms with Gasteiger partial charge in [-0.3, -0.25) is 4.57 Å². The molecule has 8 aromatic rings. The van der Waals surface area contributed by atoms with Crippen LogP contribution in [-0.4, -0.2) is 28.2 Å². The fourth-order valence-corrected chi connectivity index (χ4v) is 5.46. The van der Waals surface area contributed by atoms with Gasteiger partial charge in [-0.15, -0.1) is 42.2 Å². The summed E-state index contributed by atoms with van der Waals surface area (Å²) in [5, 5.41) is 0. The van der Waals surface area contributed by atoms with Gasteiger partial charge in [0, 0.05) is 38.6 Å². The van der Waals surface area contributed by atoms with Crippen molar-refractivity contribution in [2.75, 3.05) is 0 Å². The van der Waals surface area contributed by atoms with Gasteiger partial charge in [0.1, 0.15) is 5.82 Å². The third kappa shape index (κ3) is 4.29. The molecule has 4 aromatic carbocycles. The molecule has 0 amide bonds. The number of aromatic nitrogens is 7. The molecule has 0 aliphatic rings. The molecule has 10 heteroatoms. The molecule has 0 N–H and O–H groups in total. The Balaban J connectivity index is 0.00000312. The number of nitrogens with zero attached hydrogens (tertiary/aromatic N) is 7. The summed E-state index contributed by atoms with van der Waals surface area (Å²) in [5.74, 6) is 0.957. The van der Waals surface area contributed by atoms with E-state index in [4.69, 9.17) is 0 Å². The molecule has 44 heavy (non-hydrogen) atoms. The van der Waals surface area contributed by atoms with Crippen LogP contribution in [0.4, 0.5) is 0 Å². The van der Waals surface area contributed by atoms with Crippen LogP contribution >= 0.6 is 0 Å². The van der Waals surface area contributed by atoms with Gasteiger partial charge >= 0.3 is 11.4 Å². The Labute approximate surface area is 264 Å². The quantitative estimate of drug-likeness (QED) is 0.234. The number of hydrogen-bond donors (Lipinski definition) is 0. The summed E-state index contributed by atoms with van der Waals surface area (Å²) in [5.41, 5.74) is 4.02. The number of para-hydroxylation sites is 2. The van der Waals surface area contributed by atoms with E-state index in [0.717, 1.165) is 0 Å². The summed E-state index contributed by atoms with van der Waals surface area (Å²) in [4.78, 5) is 41.5. The SMILES string of the molecule is O=c1n(-c2[c-]c(-c3ncc[n-]3)ccc2)c2[c-]c3c(cc2n1-c1ccccc1)n(-c1ccccc1)c(=O)n3-c1ccccn1.[Pt]. The second-order valence-electron chi connectivity index (χ2n) is 9.83. The Kier molecular flexibility index (Phi) is 6.79. The molecule has 0 fully saturated rings. The van der Waals surface area contributed by atoms with Crippen LogP contribution in [0.5, 0.6) is 0 Å². The van der Waals surface area contributed by atoms with E-state index in [1.54, 1.807) is 44.4 Å². The Morgan fingerprint density at radius 2 is 1.23 bits per heavy atom. The predicted molar refractivity (Wildman–Crippen MR) is 163 cm³/mol. The molecular formula is C34H20N7O2Pt-3. The van der Waals surface area contributed by atoms with Crippen molar-refractivity contribution >= 4 is 22.1 Å². The van der Waals surface area contributed by atoms with Crippen LogP contribution in [0.2, 0.25) is 0 Å². The molecular weight excluding hydrogens is 733 g/mol. The van der Waals surface area contributed by atoms with Crippen LogP contribution in [0.15, 0.2) is 131 Å². The molecule has 0 bridgehead atoms. The fraction of sp³-hybridized carbons (Fsp3) is 0. The predicted octanol–water partition coefficient (Wildman–Crippen LogP) is 4.89. The maximum Gasteiger partial charge on any atom is 0.326 e. The average molecular weight is 754 g/mol. The third-order valence-corrected chi connectivity index (χ3v) is 7.32. The molecule has 0 saturated carbocycles. The van der Waals surface area contributed by atoms with Gasteiger partial charge in [0.2, 0.25) is 0 Å². The van der Waals surface area contributed by atoms with Gasteiger partial charge in [0.15, 0.2) is 0 Å². The van der Waals surface area contributed by atoms with Crippen LogP contribution in [0.25, 0.3) is 56.3 Å². The minimum Gasteiger partial charge on any atom is -0.490 e. The van der Waals surface area contributed by atoms with E-state index >= 15 is 0 Å². The molecule has 0 saturated heterocycles. The van der Waals surface area contributed by atoms with Crippen molar-refractivity contribution in [2.24, 2.45) is 0 Å². The first-order valence-corrected chi connectivity index (χ1v) is 13.6. The summed E-state index contributed by atoms with van der Waals surface area (Å²) in [7, 11) is 0. The van der Waals surface area contributed by atoms with Crippen molar-refractivity contribution in [3.8, 4) is 34.3 Å². The van der Waals surface area contributed by atoms with Crippen LogP contribution < -0.4 is 16.4 Å². The fourth-order valence-electron chi connectivity index (χ4n) is 5.46. The second kappa shape index (κ2) is 10.9. The van der Waals surface area contributed by atoms with Crippen LogP contribution in [0, 0.1) is 12.1 Å². The normalized spacial score (nSPS) is 11.2.